The molecule has 1 aliphatic rings. The first-order valence-corrected chi connectivity index (χ1v) is 8.33. The summed E-state index contributed by atoms with van der Waals surface area (Å²) in [6.45, 7) is 0. The Bertz CT molecular complexity index is 899. The van der Waals surface area contributed by atoms with Crippen LogP contribution in [-0.2, 0) is 4.84 Å². The van der Waals surface area contributed by atoms with Gasteiger partial charge in [-0.05, 0) is 30.3 Å². The van der Waals surface area contributed by atoms with Gasteiger partial charge in [0.2, 0.25) is 0 Å². The van der Waals surface area contributed by atoms with Crippen molar-refractivity contribution >= 4 is 17.5 Å². The van der Waals surface area contributed by atoms with Crippen molar-refractivity contribution in [2.45, 2.75) is 6.17 Å². The van der Waals surface area contributed by atoms with E-state index in [1.165, 1.54) is 0 Å². The average Bonchev–Trinajstić information content (AvgIpc) is 3.06. The van der Waals surface area contributed by atoms with Crippen LogP contribution in [0, 0.1) is 0 Å². The highest BCUT2D eigenvalue weighted by atomic mass is 16.7. The lowest BCUT2D eigenvalue weighted by molar-refractivity contribution is 0.164. The second-order valence-electron chi connectivity index (χ2n) is 5.84. The summed E-state index contributed by atoms with van der Waals surface area (Å²) >= 11 is 0. The number of ether oxygens (including phenoxy) is 1. The van der Waals surface area contributed by atoms with E-state index < -0.39 is 12.3 Å². The van der Waals surface area contributed by atoms with E-state index in [0.29, 0.717) is 5.75 Å². The number of nitrogens with zero attached hydrogens (tertiary/aromatic N) is 2. The van der Waals surface area contributed by atoms with Crippen LogP contribution in [0.15, 0.2) is 84.9 Å². The zero-order valence-electron chi connectivity index (χ0n) is 14.3. The van der Waals surface area contributed by atoms with Gasteiger partial charge in [-0.2, -0.15) is 5.06 Å². The first kappa shape index (κ1) is 16.0. The lowest BCUT2D eigenvalue weighted by Crippen LogP contribution is -2.32. The number of rotatable bonds is 4. The quantitative estimate of drug-likeness (QED) is 0.682. The van der Waals surface area contributed by atoms with E-state index in [0.717, 1.165) is 16.9 Å². The third kappa shape index (κ3) is 2.73. The van der Waals surface area contributed by atoms with Crippen molar-refractivity contribution in [3.63, 3.8) is 0 Å². The Morgan fingerprint density at radius 1 is 0.808 bits per heavy atom. The van der Waals surface area contributed by atoms with Gasteiger partial charge in [0.15, 0.2) is 6.17 Å². The van der Waals surface area contributed by atoms with Gasteiger partial charge in [0.05, 0.1) is 12.8 Å². The molecule has 1 heterocycles. The smallest absolute Gasteiger partial charge is 0.440 e. The zero-order valence-corrected chi connectivity index (χ0v) is 14.3. The average molecular weight is 346 g/mol. The van der Waals surface area contributed by atoms with Gasteiger partial charge in [0.25, 0.3) is 0 Å². The third-order valence-electron chi connectivity index (χ3n) is 4.30. The van der Waals surface area contributed by atoms with Crippen LogP contribution >= 0.6 is 0 Å². The minimum atomic E-state index is -0.483. The minimum Gasteiger partial charge on any atom is -0.496 e. The van der Waals surface area contributed by atoms with E-state index in [-0.39, 0.29) is 0 Å². The lowest BCUT2D eigenvalue weighted by atomic mass is 10.1. The molecule has 0 N–H and O–H groups in total. The van der Waals surface area contributed by atoms with Gasteiger partial charge in [-0.1, -0.05) is 54.6 Å². The van der Waals surface area contributed by atoms with Gasteiger partial charge >= 0.3 is 6.09 Å². The predicted octanol–water partition coefficient (Wildman–Crippen LogP) is 4.77. The van der Waals surface area contributed by atoms with Gasteiger partial charge in [-0.3, -0.25) is 0 Å². The molecule has 0 spiro atoms. The van der Waals surface area contributed by atoms with Crippen molar-refractivity contribution in [2.75, 3.05) is 17.1 Å². The molecular formula is C21H18N2O3. The molecule has 26 heavy (non-hydrogen) atoms. The molecule has 4 rings (SSSR count). The second-order valence-corrected chi connectivity index (χ2v) is 5.84. The van der Waals surface area contributed by atoms with Crippen molar-refractivity contribution in [2.24, 2.45) is 0 Å². The molecule has 0 saturated carbocycles. The number of benzene rings is 3. The summed E-state index contributed by atoms with van der Waals surface area (Å²) in [4.78, 5) is 20.0. The van der Waals surface area contributed by atoms with E-state index in [1.807, 2.05) is 84.9 Å². The molecule has 1 fully saturated rings. The molecule has 5 heteroatoms. The number of para-hydroxylation sites is 3. The van der Waals surface area contributed by atoms with Crippen molar-refractivity contribution in [1.82, 2.24) is 0 Å². The summed E-state index contributed by atoms with van der Waals surface area (Å²) in [5.41, 5.74) is 2.38. The van der Waals surface area contributed by atoms with Crippen LogP contribution in [0.4, 0.5) is 16.2 Å². The number of hydrogen-bond donors (Lipinski definition) is 0. The summed E-state index contributed by atoms with van der Waals surface area (Å²) in [5.74, 6) is 0.692. The molecule has 0 unspecified atom stereocenters. The molecule has 130 valence electrons. The molecule has 1 atom stereocenters. The number of carbonyl (C=O) groups is 1. The normalized spacial score (nSPS) is 16.5. The van der Waals surface area contributed by atoms with Crippen LogP contribution in [0.1, 0.15) is 11.7 Å². The molecule has 1 amide bonds. The topological polar surface area (TPSA) is 42.0 Å². The summed E-state index contributed by atoms with van der Waals surface area (Å²) < 4.78 is 5.54. The maximum Gasteiger partial charge on any atom is 0.440 e. The van der Waals surface area contributed by atoms with Gasteiger partial charge < -0.3 is 9.57 Å². The fraction of sp³-hybridized carbons (Fsp3) is 0.0952. The highest BCUT2D eigenvalue weighted by molar-refractivity contribution is 5.92. The Morgan fingerprint density at radius 3 is 2.04 bits per heavy atom. The largest absolute Gasteiger partial charge is 0.496 e. The SMILES string of the molecule is COc1ccccc1[C@@H]1N(c2ccccc2)OC(=O)N1c1ccccc1. The van der Waals surface area contributed by atoms with Crippen LogP contribution in [-0.4, -0.2) is 13.2 Å². The monoisotopic (exact) mass is 346 g/mol. The van der Waals surface area contributed by atoms with E-state index >= 15 is 0 Å². The highest BCUT2D eigenvalue weighted by Gasteiger charge is 2.43. The molecule has 3 aromatic rings. The molecule has 1 aliphatic heterocycles. The van der Waals surface area contributed by atoms with Crippen molar-refractivity contribution in [1.29, 1.82) is 0 Å². The molecule has 0 aliphatic carbocycles. The lowest BCUT2D eigenvalue weighted by Gasteiger charge is -2.28. The molecule has 1 saturated heterocycles. The van der Waals surface area contributed by atoms with Gasteiger partial charge in [-0.15, -0.1) is 0 Å². The standard InChI is InChI=1S/C21H18N2O3/c1-25-19-15-9-8-14-18(19)20-22(16-10-4-2-5-11-16)21(24)26-23(20)17-12-6-3-7-13-17/h2-15,20H,1H3/t20-/m0/s1. The first-order chi connectivity index (χ1) is 12.8. The molecule has 0 bridgehead atoms. The maximum absolute atomic E-state index is 12.8. The fourth-order valence-electron chi connectivity index (χ4n) is 3.13. The van der Waals surface area contributed by atoms with Gasteiger partial charge in [0.1, 0.15) is 5.75 Å². The van der Waals surface area contributed by atoms with Gasteiger partial charge in [0, 0.05) is 11.3 Å². The molecular weight excluding hydrogens is 328 g/mol. The Morgan fingerprint density at radius 2 is 1.38 bits per heavy atom. The van der Waals surface area contributed by atoms with E-state index in [2.05, 4.69) is 0 Å². The van der Waals surface area contributed by atoms with Crippen LogP contribution < -0.4 is 14.7 Å². The van der Waals surface area contributed by atoms with Gasteiger partial charge in [-0.25, -0.2) is 9.69 Å². The van der Waals surface area contributed by atoms with Crippen LogP contribution in [0.25, 0.3) is 0 Å². The summed E-state index contributed by atoms with van der Waals surface area (Å²) in [7, 11) is 1.62. The first-order valence-electron chi connectivity index (χ1n) is 8.33. The highest BCUT2D eigenvalue weighted by Crippen LogP contribution is 2.42. The Kier molecular flexibility index (Phi) is 4.19. The van der Waals surface area contributed by atoms with E-state index in [4.69, 9.17) is 9.57 Å². The summed E-state index contributed by atoms with van der Waals surface area (Å²) in [6.07, 6.45) is -0.917. The predicted molar refractivity (Wildman–Crippen MR) is 100 cm³/mol. The minimum absolute atomic E-state index is 0.434. The fourth-order valence-corrected chi connectivity index (χ4v) is 3.13. The Hall–Kier alpha value is -3.47. The van der Waals surface area contributed by atoms with Crippen LogP contribution in [0.2, 0.25) is 0 Å². The Labute approximate surface area is 151 Å². The number of anilines is 2. The number of hydroxylamine groups is 1. The number of carbonyl (C=O) groups excluding carboxylic acids is 1. The van der Waals surface area contributed by atoms with Crippen molar-refractivity contribution in [3.8, 4) is 5.75 Å². The number of hydrogen-bond acceptors (Lipinski definition) is 4. The maximum atomic E-state index is 12.8. The van der Waals surface area contributed by atoms with Crippen LogP contribution in [0.3, 0.4) is 0 Å². The van der Waals surface area contributed by atoms with E-state index in [1.54, 1.807) is 17.1 Å². The third-order valence-corrected chi connectivity index (χ3v) is 4.30. The molecule has 0 radical (unpaired) electrons. The summed E-state index contributed by atoms with van der Waals surface area (Å²) in [5, 5.41) is 1.62. The zero-order chi connectivity index (χ0) is 17.9. The summed E-state index contributed by atoms with van der Waals surface area (Å²) in [6, 6.07) is 26.7. The van der Waals surface area contributed by atoms with Crippen molar-refractivity contribution < 1.29 is 14.4 Å². The second kappa shape index (κ2) is 6.80. The molecule has 3 aromatic carbocycles. The van der Waals surface area contributed by atoms with Crippen molar-refractivity contribution in [3.05, 3.63) is 90.5 Å². The van der Waals surface area contributed by atoms with E-state index in [9.17, 15) is 4.79 Å². The number of amides is 1. The molecule has 0 aromatic heterocycles. The Balaban J connectivity index is 1.87. The molecule has 5 nitrogen and oxygen atoms in total. The van der Waals surface area contributed by atoms with Crippen LogP contribution in [0.5, 0.6) is 5.75 Å². The number of methoxy groups -OCH3 is 1.